The van der Waals surface area contributed by atoms with E-state index in [-0.39, 0.29) is 11.6 Å². The number of carbonyl (C=O) groups excluding carboxylic acids is 1. The molecule has 35 heavy (non-hydrogen) atoms. The summed E-state index contributed by atoms with van der Waals surface area (Å²) in [6.07, 6.45) is 2.37. The Morgan fingerprint density at radius 3 is 2.51 bits per heavy atom. The van der Waals surface area contributed by atoms with Crippen molar-refractivity contribution in [3.8, 4) is 0 Å². The lowest BCUT2D eigenvalue weighted by molar-refractivity contribution is -0.385. The molecule has 3 aromatic rings. The molecule has 0 saturated carbocycles. The SMILES string of the molecule is CCc1nc(C)nc(N2CCCN(C(=O)c3ccc(C)c([N+](=O)[O-])c3)CC2)c1Cc1ccccc1. The third-order valence-corrected chi connectivity index (χ3v) is 6.48. The van der Waals surface area contributed by atoms with Gasteiger partial charge in [0.2, 0.25) is 0 Å². The van der Waals surface area contributed by atoms with Crippen molar-refractivity contribution < 1.29 is 9.72 Å². The van der Waals surface area contributed by atoms with Gasteiger partial charge < -0.3 is 9.80 Å². The predicted molar refractivity (Wildman–Crippen MR) is 136 cm³/mol. The van der Waals surface area contributed by atoms with Gasteiger partial charge in [0.25, 0.3) is 11.6 Å². The quantitative estimate of drug-likeness (QED) is 0.386. The first kappa shape index (κ1) is 24.3. The molecule has 8 heteroatoms. The number of anilines is 1. The summed E-state index contributed by atoms with van der Waals surface area (Å²) < 4.78 is 0. The van der Waals surface area contributed by atoms with Crippen molar-refractivity contribution in [1.82, 2.24) is 14.9 Å². The summed E-state index contributed by atoms with van der Waals surface area (Å²) in [5.41, 5.74) is 4.28. The minimum absolute atomic E-state index is 0.0265. The molecule has 2 heterocycles. The van der Waals surface area contributed by atoms with Crippen LogP contribution in [0.5, 0.6) is 0 Å². The monoisotopic (exact) mass is 473 g/mol. The van der Waals surface area contributed by atoms with Gasteiger partial charge in [-0.2, -0.15) is 0 Å². The molecule has 0 bridgehead atoms. The summed E-state index contributed by atoms with van der Waals surface area (Å²) in [6, 6.07) is 15.0. The zero-order chi connectivity index (χ0) is 24.9. The summed E-state index contributed by atoms with van der Waals surface area (Å²) in [4.78, 5) is 37.7. The van der Waals surface area contributed by atoms with E-state index in [1.165, 1.54) is 11.6 Å². The predicted octanol–water partition coefficient (Wildman–Crippen LogP) is 4.51. The Morgan fingerprint density at radius 1 is 1.03 bits per heavy atom. The maximum Gasteiger partial charge on any atom is 0.273 e. The van der Waals surface area contributed by atoms with Crippen LogP contribution in [0.1, 0.15) is 51.9 Å². The van der Waals surface area contributed by atoms with Gasteiger partial charge in [0, 0.05) is 61.1 Å². The molecule has 1 fully saturated rings. The number of rotatable bonds is 6. The van der Waals surface area contributed by atoms with Crippen molar-refractivity contribution in [2.24, 2.45) is 0 Å². The molecule has 0 N–H and O–H groups in total. The number of aromatic nitrogens is 2. The molecule has 0 aliphatic carbocycles. The van der Waals surface area contributed by atoms with Crippen molar-refractivity contribution in [1.29, 1.82) is 0 Å². The van der Waals surface area contributed by atoms with Gasteiger partial charge in [0.1, 0.15) is 11.6 Å². The van der Waals surface area contributed by atoms with Crippen molar-refractivity contribution in [2.75, 3.05) is 31.1 Å². The van der Waals surface area contributed by atoms with E-state index in [0.29, 0.717) is 30.8 Å². The highest BCUT2D eigenvalue weighted by molar-refractivity contribution is 5.95. The number of carbonyl (C=O) groups is 1. The molecule has 0 spiro atoms. The summed E-state index contributed by atoms with van der Waals surface area (Å²) in [6.45, 7) is 8.25. The molecular weight excluding hydrogens is 442 g/mol. The van der Waals surface area contributed by atoms with Gasteiger partial charge in [-0.3, -0.25) is 14.9 Å². The first-order valence-electron chi connectivity index (χ1n) is 12.1. The highest BCUT2D eigenvalue weighted by Gasteiger charge is 2.25. The maximum absolute atomic E-state index is 13.2. The largest absolute Gasteiger partial charge is 0.354 e. The molecule has 4 rings (SSSR count). The highest BCUT2D eigenvalue weighted by Crippen LogP contribution is 2.27. The van der Waals surface area contributed by atoms with Crippen LogP contribution in [-0.2, 0) is 12.8 Å². The summed E-state index contributed by atoms with van der Waals surface area (Å²) in [5, 5.41) is 11.3. The van der Waals surface area contributed by atoms with E-state index in [0.717, 1.165) is 48.7 Å². The Kier molecular flexibility index (Phi) is 7.39. The standard InChI is InChI=1S/C27H31N5O3/c1-4-24-23(17-21-9-6-5-7-10-21)26(29-20(3)28-24)30-13-8-14-31(16-15-30)27(33)22-12-11-19(2)25(18-22)32(34)35/h5-7,9-12,18H,4,8,13-17H2,1-3H3. The fourth-order valence-corrected chi connectivity index (χ4v) is 4.63. The fourth-order valence-electron chi connectivity index (χ4n) is 4.63. The number of hydrogen-bond donors (Lipinski definition) is 0. The van der Waals surface area contributed by atoms with Crippen LogP contribution in [0, 0.1) is 24.0 Å². The Bertz CT molecular complexity index is 1230. The van der Waals surface area contributed by atoms with E-state index >= 15 is 0 Å². The maximum atomic E-state index is 13.2. The van der Waals surface area contributed by atoms with Crippen LogP contribution >= 0.6 is 0 Å². The number of nitro groups is 1. The van der Waals surface area contributed by atoms with Gasteiger partial charge in [-0.25, -0.2) is 9.97 Å². The fraction of sp³-hybridized carbons (Fsp3) is 0.370. The van der Waals surface area contributed by atoms with Crippen LogP contribution in [0.3, 0.4) is 0 Å². The minimum Gasteiger partial charge on any atom is -0.354 e. The second-order valence-corrected chi connectivity index (χ2v) is 8.93. The Balaban J connectivity index is 1.58. The zero-order valence-corrected chi connectivity index (χ0v) is 20.5. The molecule has 1 aliphatic rings. The number of benzene rings is 2. The molecule has 2 aromatic carbocycles. The molecule has 1 saturated heterocycles. The Hall–Kier alpha value is -3.81. The van der Waals surface area contributed by atoms with E-state index in [1.807, 2.05) is 25.1 Å². The molecule has 0 radical (unpaired) electrons. The number of aryl methyl sites for hydroxylation is 3. The molecule has 1 amide bonds. The highest BCUT2D eigenvalue weighted by atomic mass is 16.6. The molecule has 1 aromatic heterocycles. The second-order valence-electron chi connectivity index (χ2n) is 8.93. The molecule has 1 aliphatic heterocycles. The Morgan fingerprint density at radius 2 is 1.80 bits per heavy atom. The van der Waals surface area contributed by atoms with Crippen LogP contribution in [-0.4, -0.2) is 51.9 Å². The second kappa shape index (κ2) is 10.6. The van der Waals surface area contributed by atoms with Crippen molar-refractivity contribution >= 4 is 17.4 Å². The number of nitrogens with zero attached hydrogens (tertiary/aromatic N) is 5. The van der Waals surface area contributed by atoms with Gasteiger partial charge in [-0.05, 0) is 38.3 Å². The average Bonchev–Trinajstić information content (AvgIpc) is 3.11. The topological polar surface area (TPSA) is 92.5 Å². The first-order chi connectivity index (χ1) is 16.9. The van der Waals surface area contributed by atoms with Gasteiger partial charge in [0.05, 0.1) is 4.92 Å². The van der Waals surface area contributed by atoms with Crippen LogP contribution in [0.2, 0.25) is 0 Å². The molecular formula is C27H31N5O3. The van der Waals surface area contributed by atoms with E-state index in [2.05, 4.69) is 24.0 Å². The molecule has 8 nitrogen and oxygen atoms in total. The van der Waals surface area contributed by atoms with E-state index in [1.54, 1.807) is 24.0 Å². The van der Waals surface area contributed by atoms with Crippen LogP contribution in [0.4, 0.5) is 11.5 Å². The number of nitro benzene ring substituents is 1. The van der Waals surface area contributed by atoms with E-state index in [4.69, 9.17) is 9.97 Å². The molecule has 182 valence electrons. The first-order valence-corrected chi connectivity index (χ1v) is 12.1. The van der Waals surface area contributed by atoms with Gasteiger partial charge in [-0.15, -0.1) is 0 Å². The smallest absolute Gasteiger partial charge is 0.273 e. The lowest BCUT2D eigenvalue weighted by Crippen LogP contribution is -2.36. The van der Waals surface area contributed by atoms with Crippen molar-refractivity contribution in [2.45, 2.75) is 40.0 Å². The Labute approximate surface area is 205 Å². The van der Waals surface area contributed by atoms with Crippen LogP contribution in [0.25, 0.3) is 0 Å². The number of hydrogen-bond acceptors (Lipinski definition) is 6. The zero-order valence-electron chi connectivity index (χ0n) is 20.5. The lowest BCUT2D eigenvalue weighted by atomic mass is 10.0. The average molecular weight is 474 g/mol. The number of amides is 1. The van der Waals surface area contributed by atoms with Crippen molar-refractivity contribution in [3.05, 3.63) is 92.4 Å². The van der Waals surface area contributed by atoms with E-state index in [9.17, 15) is 14.9 Å². The summed E-state index contributed by atoms with van der Waals surface area (Å²) >= 11 is 0. The van der Waals surface area contributed by atoms with Crippen LogP contribution < -0.4 is 4.90 Å². The van der Waals surface area contributed by atoms with Gasteiger partial charge >= 0.3 is 0 Å². The lowest BCUT2D eigenvalue weighted by Gasteiger charge is -2.26. The third kappa shape index (κ3) is 5.48. The molecule has 0 atom stereocenters. The third-order valence-electron chi connectivity index (χ3n) is 6.48. The minimum atomic E-state index is -0.437. The van der Waals surface area contributed by atoms with Gasteiger partial charge in [0.15, 0.2) is 0 Å². The summed E-state index contributed by atoms with van der Waals surface area (Å²) in [5.74, 6) is 1.52. The van der Waals surface area contributed by atoms with Crippen LogP contribution in [0.15, 0.2) is 48.5 Å². The molecule has 0 unspecified atom stereocenters. The summed E-state index contributed by atoms with van der Waals surface area (Å²) in [7, 11) is 0. The normalized spacial score (nSPS) is 14.0. The van der Waals surface area contributed by atoms with Gasteiger partial charge in [-0.1, -0.05) is 43.3 Å². The van der Waals surface area contributed by atoms with E-state index < -0.39 is 4.92 Å². The van der Waals surface area contributed by atoms with Crippen molar-refractivity contribution in [3.63, 3.8) is 0 Å².